The van der Waals surface area contributed by atoms with E-state index < -0.39 is 10.0 Å². The average molecular weight is 629 g/mol. The van der Waals surface area contributed by atoms with Crippen molar-refractivity contribution in [1.82, 2.24) is 30.7 Å². The zero-order valence-electron chi connectivity index (χ0n) is 27.4. The van der Waals surface area contributed by atoms with Gasteiger partial charge in [0.05, 0.1) is 5.75 Å². The fourth-order valence-corrected chi connectivity index (χ4v) is 5.57. The largest absolute Gasteiger partial charge is 0.356 e. The molecule has 1 aromatic heterocycles. The number of Topliss-reactive ketones (excluding diaryl/α,β-unsaturated/α-hetero) is 1. The van der Waals surface area contributed by atoms with Crippen LogP contribution in [0, 0.1) is 5.92 Å². The minimum Gasteiger partial charge on any atom is -0.356 e. The Hall–Kier alpha value is -2.37. The number of hydrogen-bond donors (Lipinski definition) is 3. The molecule has 0 spiro atoms. The maximum atomic E-state index is 11.6. The molecule has 0 aliphatic heterocycles. The number of nitrogens with one attached hydrogen (secondary N) is 3. The van der Waals surface area contributed by atoms with E-state index in [1.54, 1.807) is 13.8 Å². The van der Waals surface area contributed by atoms with Gasteiger partial charge in [-0.1, -0.05) is 103 Å². The van der Waals surface area contributed by atoms with Gasteiger partial charge in [0.2, 0.25) is 21.8 Å². The molecule has 0 saturated heterocycles. The molecule has 43 heavy (non-hydrogen) atoms. The van der Waals surface area contributed by atoms with E-state index in [1.807, 2.05) is 13.8 Å². The summed E-state index contributed by atoms with van der Waals surface area (Å²) in [6.07, 6.45) is 20.7. The lowest BCUT2D eigenvalue weighted by molar-refractivity contribution is -0.121. The number of hydrogen-bond acceptors (Lipinski definition) is 8. The molecule has 0 radical (unpaired) electrons. The quantitative estimate of drug-likeness (QED) is 0.106. The molecule has 0 fully saturated rings. The van der Waals surface area contributed by atoms with Crippen LogP contribution in [0.5, 0.6) is 0 Å². The molecule has 0 saturated carbocycles. The number of rotatable bonds is 26. The highest BCUT2D eigenvalue weighted by molar-refractivity contribution is 7.90. The van der Waals surface area contributed by atoms with Crippen LogP contribution in [0.2, 0.25) is 0 Å². The highest BCUT2D eigenvalue weighted by Gasteiger charge is 2.12. The van der Waals surface area contributed by atoms with Gasteiger partial charge in [-0.2, -0.15) is 5.21 Å². The van der Waals surface area contributed by atoms with Crippen molar-refractivity contribution in [2.45, 2.75) is 156 Å². The van der Waals surface area contributed by atoms with Crippen molar-refractivity contribution in [1.29, 1.82) is 0 Å². The van der Waals surface area contributed by atoms with Gasteiger partial charge in [0, 0.05) is 31.7 Å². The molecule has 0 aliphatic rings. The third kappa shape index (κ3) is 27.0. The van der Waals surface area contributed by atoms with E-state index >= 15 is 0 Å². The fourth-order valence-electron chi connectivity index (χ4n) is 4.48. The third-order valence-corrected chi connectivity index (χ3v) is 8.82. The van der Waals surface area contributed by atoms with Crippen molar-refractivity contribution in [2.75, 3.05) is 12.3 Å². The van der Waals surface area contributed by atoms with Crippen LogP contribution in [-0.4, -0.2) is 58.9 Å². The molecule has 1 atom stereocenters. The van der Waals surface area contributed by atoms with Crippen molar-refractivity contribution in [2.24, 2.45) is 5.92 Å². The monoisotopic (exact) mass is 628 g/mol. The van der Waals surface area contributed by atoms with Gasteiger partial charge in [0.25, 0.3) is 0 Å². The number of aromatic amines is 1. The first-order valence-electron chi connectivity index (χ1n) is 16.6. The number of unbranched alkanes of at least 4 members (excludes halogenated alkanes) is 13. The number of aryl methyl sites for hydroxylation is 1. The molecule has 1 aromatic rings. The van der Waals surface area contributed by atoms with Crippen molar-refractivity contribution >= 4 is 27.6 Å². The highest BCUT2D eigenvalue weighted by atomic mass is 32.2. The van der Waals surface area contributed by atoms with Gasteiger partial charge < -0.3 is 5.32 Å². The topological polar surface area (TPSA) is 164 Å². The van der Waals surface area contributed by atoms with Gasteiger partial charge in [-0.3, -0.25) is 19.1 Å². The van der Waals surface area contributed by atoms with Crippen molar-refractivity contribution in [3.05, 3.63) is 5.82 Å². The Morgan fingerprint density at radius 3 is 1.84 bits per heavy atom. The minimum atomic E-state index is -3.42. The Bertz CT molecular complexity index is 940. The summed E-state index contributed by atoms with van der Waals surface area (Å²) in [4.78, 5) is 33.4. The molecule has 0 aromatic carbocycles. The molecule has 11 nitrogen and oxygen atoms in total. The number of tetrazole rings is 1. The van der Waals surface area contributed by atoms with Crippen molar-refractivity contribution in [3.8, 4) is 0 Å². The van der Waals surface area contributed by atoms with E-state index in [9.17, 15) is 22.8 Å². The lowest BCUT2D eigenvalue weighted by Crippen LogP contribution is -2.32. The first-order chi connectivity index (χ1) is 20.6. The van der Waals surface area contributed by atoms with Crippen molar-refractivity contribution < 1.29 is 22.8 Å². The highest BCUT2D eigenvalue weighted by Crippen LogP contribution is 2.13. The smallest absolute Gasteiger partial charge is 0.234 e. The van der Waals surface area contributed by atoms with Gasteiger partial charge in [-0.05, 0) is 39.0 Å². The number of amides is 2. The SMILES string of the molecule is CCC(=O)NCCCC[C@@H](C)C(C)=O.CCCS(=O)(=O)NC(=O)CCCCCCCCCCCCCCCc1nn[nH]n1. The van der Waals surface area contributed by atoms with Crippen LogP contribution in [0.3, 0.4) is 0 Å². The lowest BCUT2D eigenvalue weighted by Gasteiger charge is -2.07. The normalized spacial score (nSPS) is 11.8. The fraction of sp³-hybridized carbons (Fsp3) is 0.871. The summed E-state index contributed by atoms with van der Waals surface area (Å²) in [7, 11) is -3.42. The van der Waals surface area contributed by atoms with E-state index in [0.29, 0.717) is 19.3 Å². The number of aromatic nitrogens is 4. The number of carbonyl (C=O) groups excluding carboxylic acids is 3. The standard InChI is InChI=1S/C20H39N5O3S.C11H21NO2/c1-2-18-29(27,28)23-20(26)17-15-13-11-9-7-5-3-4-6-8-10-12-14-16-19-21-24-25-22-19;1-4-11(14)12-8-6-5-7-9(2)10(3)13/h2-18H2,1H3,(H,23,26)(H,21,22,24,25);9H,4-8H2,1-3H3,(H,12,14)/t;9-/m.1/s1. The Morgan fingerprint density at radius 2 is 1.35 bits per heavy atom. The van der Waals surface area contributed by atoms with Gasteiger partial charge >= 0.3 is 0 Å². The predicted molar refractivity (Wildman–Crippen MR) is 172 cm³/mol. The van der Waals surface area contributed by atoms with E-state index in [-0.39, 0.29) is 29.3 Å². The maximum absolute atomic E-state index is 11.6. The molecular formula is C31H60N6O5S. The molecule has 1 rings (SSSR count). The first-order valence-corrected chi connectivity index (χ1v) is 18.3. The van der Waals surface area contributed by atoms with Crippen molar-refractivity contribution in [3.63, 3.8) is 0 Å². The molecule has 12 heteroatoms. The zero-order valence-corrected chi connectivity index (χ0v) is 28.2. The second kappa shape index (κ2) is 27.2. The number of H-pyrrole nitrogens is 1. The van der Waals surface area contributed by atoms with Crippen LogP contribution in [0.4, 0.5) is 0 Å². The number of nitrogens with zero attached hydrogens (tertiary/aromatic N) is 3. The zero-order chi connectivity index (χ0) is 32.2. The second-order valence-corrected chi connectivity index (χ2v) is 13.3. The van der Waals surface area contributed by atoms with Crippen LogP contribution >= 0.6 is 0 Å². The van der Waals surface area contributed by atoms with Crippen LogP contribution in [0.1, 0.15) is 156 Å². The average Bonchev–Trinajstić information content (AvgIpc) is 3.48. The summed E-state index contributed by atoms with van der Waals surface area (Å²) in [6, 6.07) is 0. The van der Waals surface area contributed by atoms with Crippen LogP contribution < -0.4 is 10.0 Å². The summed E-state index contributed by atoms with van der Waals surface area (Å²) >= 11 is 0. The summed E-state index contributed by atoms with van der Waals surface area (Å²) in [5.41, 5.74) is 0. The maximum Gasteiger partial charge on any atom is 0.234 e. The Labute approximate surface area is 261 Å². The molecule has 2 amide bonds. The second-order valence-electron chi connectivity index (χ2n) is 11.5. The van der Waals surface area contributed by atoms with E-state index in [0.717, 1.165) is 63.7 Å². The summed E-state index contributed by atoms with van der Waals surface area (Å²) in [5.74, 6) is 0.978. The molecule has 0 bridgehead atoms. The van der Waals surface area contributed by atoms with Crippen LogP contribution in [-0.2, 0) is 30.8 Å². The Kier molecular flexibility index (Phi) is 25.7. The first kappa shape index (κ1) is 40.6. The number of ketones is 1. The Balaban J connectivity index is 0.00000106. The van der Waals surface area contributed by atoms with E-state index in [4.69, 9.17) is 0 Å². The van der Waals surface area contributed by atoms with Gasteiger partial charge in [-0.15, -0.1) is 10.2 Å². The third-order valence-electron chi connectivity index (χ3n) is 7.34. The molecule has 0 aliphatic carbocycles. The number of sulfonamides is 1. The summed E-state index contributed by atoms with van der Waals surface area (Å²) < 4.78 is 25.1. The van der Waals surface area contributed by atoms with E-state index in [1.165, 1.54) is 57.8 Å². The number of carbonyl (C=O) groups is 3. The van der Waals surface area contributed by atoms with Crippen LogP contribution in [0.25, 0.3) is 0 Å². The molecular weight excluding hydrogens is 568 g/mol. The van der Waals surface area contributed by atoms with Crippen LogP contribution in [0.15, 0.2) is 0 Å². The van der Waals surface area contributed by atoms with E-state index in [2.05, 4.69) is 30.7 Å². The summed E-state index contributed by atoms with van der Waals surface area (Å²) in [5, 5.41) is 16.8. The molecule has 3 N–H and O–H groups in total. The van der Waals surface area contributed by atoms with Gasteiger partial charge in [-0.25, -0.2) is 8.42 Å². The molecule has 1 heterocycles. The van der Waals surface area contributed by atoms with Gasteiger partial charge in [0.15, 0.2) is 5.82 Å². The molecule has 250 valence electrons. The Morgan fingerprint density at radius 1 is 0.791 bits per heavy atom. The minimum absolute atomic E-state index is 0.0141. The summed E-state index contributed by atoms with van der Waals surface area (Å²) in [6.45, 7) is 7.94. The predicted octanol–water partition coefficient (Wildman–Crippen LogP) is 5.97. The molecule has 0 unspecified atom stereocenters. The van der Waals surface area contributed by atoms with Gasteiger partial charge in [0.1, 0.15) is 5.78 Å². The lowest BCUT2D eigenvalue weighted by atomic mass is 10.0.